The molecule has 1 aromatic carbocycles. The third-order valence-electron chi connectivity index (χ3n) is 3.44. The molecule has 0 saturated heterocycles. The maximum Gasteiger partial charge on any atom is 0.161 e. The van der Waals surface area contributed by atoms with Crippen LogP contribution in [0.15, 0.2) is 48.5 Å². The quantitative estimate of drug-likeness (QED) is 0.718. The predicted molar refractivity (Wildman–Crippen MR) is 89.2 cm³/mol. The monoisotopic (exact) mass is 334 g/mol. The predicted octanol–water partition coefficient (Wildman–Crippen LogP) is 1.86. The van der Waals surface area contributed by atoms with E-state index >= 15 is 0 Å². The molecule has 6 nitrogen and oxygen atoms in total. The molecule has 3 aromatic rings. The second-order valence-electron chi connectivity index (χ2n) is 5.03. The van der Waals surface area contributed by atoms with Crippen LogP contribution in [0.2, 0.25) is 0 Å². The third-order valence-corrected chi connectivity index (χ3v) is 3.44. The second-order valence-corrected chi connectivity index (χ2v) is 5.03. The number of hydrogen-bond donors (Lipinski definition) is 2. The molecule has 122 valence electrons. The molecule has 3 rings (SSSR count). The minimum atomic E-state index is -0.411. The maximum atomic E-state index is 9.44. The van der Waals surface area contributed by atoms with Gasteiger partial charge in [0.2, 0.25) is 0 Å². The van der Waals surface area contributed by atoms with E-state index in [0.29, 0.717) is 30.4 Å². The van der Waals surface area contributed by atoms with E-state index in [0.717, 1.165) is 5.56 Å². The number of benzene rings is 1. The van der Waals surface area contributed by atoms with Crippen molar-refractivity contribution in [1.29, 1.82) is 0 Å². The fraction of sp³-hybridized carbons (Fsp3) is 0.250. The first-order valence-corrected chi connectivity index (χ1v) is 7.10. The van der Waals surface area contributed by atoms with E-state index in [1.165, 1.54) is 0 Å². The topological polar surface area (TPSA) is 85.7 Å². The van der Waals surface area contributed by atoms with Gasteiger partial charge in [0, 0.05) is 0 Å². The Hall–Kier alpha value is -1.99. The average Bonchev–Trinajstić information content (AvgIpc) is 3.00. The van der Waals surface area contributed by atoms with E-state index in [2.05, 4.69) is 10.2 Å². The van der Waals surface area contributed by atoms with Gasteiger partial charge in [-0.3, -0.25) is 4.40 Å². The fourth-order valence-electron chi connectivity index (χ4n) is 2.35. The van der Waals surface area contributed by atoms with Crippen molar-refractivity contribution >= 4 is 18.1 Å². The summed E-state index contributed by atoms with van der Waals surface area (Å²) in [4.78, 5) is 0. The minimum Gasteiger partial charge on any atom is -0.390 e. The number of aliphatic hydroxyl groups is 1. The van der Waals surface area contributed by atoms with Gasteiger partial charge in [-0.25, -0.2) is 0 Å². The average molecular weight is 335 g/mol. The molecule has 1 atom stereocenters. The number of halogens is 1. The lowest BCUT2D eigenvalue weighted by atomic mass is 10.2. The molecule has 0 aliphatic carbocycles. The zero-order valence-electron chi connectivity index (χ0n) is 12.5. The first kappa shape index (κ1) is 17.4. The maximum absolute atomic E-state index is 9.44. The van der Waals surface area contributed by atoms with Gasteiger partial charge >= 0.3 is 0 Å². The van der Waals surface area contributed by atoms with Crippen molar-refractivity contribution in [1.82, 2.24) is 14.6 Å². The van der Waals surface area contributed by atoms with Gasteiger partial charge in [0.25, 0.3) is 0 Å². The minimum absolute atomic E-state index is 0. The van der Waals surface area contributed by atoms with E-state index in [1.807, 2.05) is 48.5 Å². The molecule has 0 saturated carbocycles. The van der Waals surface area contributed by atoms with Crippen LogP contribution < -0.4 is 5.73 Å². The van der Waals surface area contributed by atoms with Crippen molar-refractivity contribution < 1.29 is 9.84 Å². The van der Waals surface area contributed by atoms with Crippen LogP contribution in [0.25, 0.3) is 5.65 Å². The summed E-state index contributed by atoms with van der Waals surface area (Å²) in [7, 11) is 0. The van der Waals surface area contributed by atoms with E-state index in [9.17, 15) is 5.11 Å². The molecular weight excluding hydrogens is 316 g/mol. The first-order chi connectivity index (χ1) is 10.8. The highest BCUT2D eigenvalue weighted by Crippen LogP contribution is 2.14. The molecule has 0 aliphatic rings. The number of aliphatic hydroxyl groups excluding tert-OH is 1. The van der Waals surface area contributed by atoms with Crippen molar-refractivity contribution in [3.05, 3.63) is 65.6 Å². The van der Waals surface area contributed by atoms with Gasteiger partial charge in [-0.05, 0) is 17.7 Å². The fourth-order valence-corrected chi connectivity index (χ4v) is 2.35. The van der Waals surface area contributed by atoms with Crippen LogP contribution in [-0.2, 0) is 18.0 Å². The van der Waals surface area contributed by atoms with E-state index in [-0.39, 0.29) is 19.0 Å². The summed E-state index contributed by atoms with van der Waals surface area (Å²) in [5.74, 6) is 0.590. The first-order valence-electron chi connectivity index (χ1n) is 7.10. The van der Waals surface area contributed by atoms with Gasteiger partial charge in [0.1, 0.15) is 0 Å². The molecule has 23 heavy (non-hydrogen) atoms. The van der Waals surface area contributed by atoms with Crippen LogP contribution in [0.1, 0.15) is 23.1 Å². The standard InChI is InChI=1S/C16H18N4O2.ClH/c17-14(11-22-10-12-5-2-1-3-6-12)16-19-18-15-8-4-7-13(9-21)20(15)16;/h1-8,14,21H,9-11,17H2;1H/t14-;/m1./s1. The number of hydrogen-bond acceptors (Lipinski definition) is 5. The Morgan fingerprint density at radius 3 is 2.61 bits per heavy atom. The Balaban J connectivity index is 0.00000192. The molecule has 7 heteroatoms. The van der Waals surface area contributed by atoms with E-state index in [1.54, 1.807) is 4.40 Å². The number of aromatic nitrogens is 3. The summed E-state index contributed by atoms with van der Waals surface area (Å²) >= 11 is 0. The smallest absolute Gasteiger partial charge is 0.161 e. The summed E-state index contributed by atoms with van der Waals surface area (Å²) < 4.78 is 7.43. The van der Waals surface area contributed by atoms with Gasteiger partial charge in [0.15, 0.2) is 11.5 Å². The van der Waals surface area contributed by atoms with Gasteiger partial charge in [-0.15, -0.1) is 22.6 Å². The lowest BCUT2D eigenvalue weighted by molar-refractivity contribution is 0.106. The normalized spacial score (nSPS) is 12.1. The van der Waals surface area contributed by atoms with Crippen molar-refractivity contribution in [3.8, 4) is 0 Å². The van der Waals surface area contributed by atoms with Gasteiger partial charge in [-0.1, -0.05) is 36.4 Å². The number of nitrogens with two attached hydrogens (primary N) is 1. The van der Waals surface area contributed by atoms with Crippen LogP contribution in [0, 0.1) is 0 Å². The zero-order valence-corrected chi connectivity index (χ0v) is 13.3. The van der Waals surface area contributed by atoms with Crippen LogP contribution >= 0.6 is 12.4 Å². The lowest BCUT2D eigenvalue weighted by Gasteiger charge is -2.12. The Labute approximate surface area is 140 Å². The van der Waals surface area contributed by atoms with Crippen LogP contribution in [-0.4, -0.2) is 26.3 Å². The van der Waals surface area contributed by atoms with E-state index < -0.39 is 6.04 Å². The summed E-state index contributed by atoms with van der Waals surface area (Å²) in [6, 6.07) is 15.0. The summed E-state index contributed by atoms with van der Waals surface area (Å²) in [5, 5.41) is 17.6. The Morgan fingerprint density at radius 1 is 1.09 bits per heavy atom. The van der Waals surface area contributed by atoms with Crippen molar-refractivity contribution in [2.24, 2.45) is 5.73 Å². The largest absolute Gasteiger partial charge is 0.390 e. The molecule has 2 heterocycles. The molecular formula is C16H19ClN4O2. The molecule has 0 amide bonds. The molecule has 0 aliphatic heterocycles. The molecule has 0 bridgehead atoms. The van der Waals surface area contributed by atoms with Gasteiger partial charge in [-0.2, -0.15) is 0 Å². The van der Waals surface area contributed by atoms with Crippen molar-refractivity contribution in [2.45, 2.75) is 19.3 Å². The lowest BCUT2D eigenvalue weighted by Crippen LogP contribution is -2.21. The number of rotatable bonds is 6. The highest BCUT2D eigenvalue weighted by molar-refractivity contribution is 5.85. The molecule has 3 N–H and O–H groups in total. The molecule has 0 unspecified atom stereocenters. The van der Waals surface area contributed by atoms with Gasteiger partial charge < -0.3 is 15.6 Å². The number of nitrogens with zero attached hydrogens (tertiary/aromatic N) is 3. The van der Waals surface area contributed by atoms with Crippen molar-refractivity contribution in [2.75, 3.05) is 6.61 Å². The summed E-state index contributed by atoms with van der Waals surface area (Å²) in [6.45, 7) is 0.730. The molecule has 2 aromatic heterocycles. The van der Waals surface area contributed by atoms with Gasteiger partial charge in [0.05, 0.1) is 31.6 Å². The Kier molecular flexibility index (Phi) is 6.06. The highest BCUT2D eigenvalue weighted by atomic mass is 35.5. The van der Waals surface area contributed by atoms with Crippen molar-refractivity contribution in [3.63, 3.8) is 0 Å². The van der Waals surface area contributed by atoms with Crippen LogP contribution in [0.5, 0.6) is 0 Å². The third kappa shape index (κ3) is 3.86. The Morgan fingerprint density at radius 2 is 1.87 bits per heavy atom. The second kappa shape index (κ2) is 8.03. The molecule has 0 radical (unpaired) electrons. The number of fused-ring (bicyclic) bond motifs is 1. The molecule has 0 spiro atoms. The summed E-state index contributed by atoms with van der Waals surface area (Å²) in [5.41, 5.74) is 8.63. The SMILES string of the molecule is Cl.N[C@H](COCc1ccccc1)c1nnc2cccc(CO)n12. The molecule has 0 fully saturated rings. The highest BCUT2D eigenvalue weighted by Gasteiger charge is 2.16. The number of ether oxygens (including phenoxy) is 1. The zero-order chi connectivity index (χ0) is 15.4. The van der Waals surface area contributed by atoms with Crippen LogP contribution in [0.4, 0.5) is 0 Å². The van der Waals surface area contributed by atoms with Crippen LogP contribution in [0.3, 0.4) is 0 Å². The van der Waals surface area contributed by atoms with E-state index in [4.69, 9.17) is 10.5 Å². The Bertz CT molecular complexity index is 748. The summed E-state index contributed by atoms with van der Waals surface area (Å²) in [6.07, 6.45) is 0. The number of pyridine rings is 1.